The smallest absolute Gasteiger partial charge is 0.259 e. The Morgan fingerprint density at radius 2 is 1.85 bits per heavy atom. The van der Waals surface area contributed by atoms with Gasteiger partial charge in [0.15, 0.2) is 0 Å². The van der Waals surface area contributed by atoms with Crippen molar-refractivity contribution in [1.29, 1.82) is 0 Å². The molecule has 166 valence electrons. The van der Waals surface area contributed by atoms with Gasteiger partial charge in [-0.2, -0.15) is 0 Å². The Bertz CT molecular complexity index is 1360. The molecule has 0 N–H and O–H groups in total. The van der Waals surface area contributed by atoms with Crippen LogP contribution in [0, 0.1) is 0 Å². The molecule has 3 heterocycles. The van der Waals surface area contributed by atoms with Crippen LogP contribution in [0.1, 0.15) is 16.8 Å². The molecule has 1 saturated heterocycles. The van der Waals surface area contributed by atoms with E-state index in [0.717, 1.165) is 10.9 Å². The van der Waals surface area contributed by atoms with Gasteiger partial charge in [0.05, 0.1) is 19.2 Å². The summed E-state index contributed by atoms with van der Waals surface area (Å²) in [5.74, 6) is 0.779. The summed E-state index contributed by atoms with van der Waals surface area (Å²) in [6, 6.07) is 20.3. The van der Waals surface area contributed by atoms with Crippen molar-refractivity contribution >= 4 is 16.8 Å². The standard InChI is InChI=1S/C26H23N3O4/c1-32-23-15-24(30)29(19-9-3-2-4-10-19)17-21(23)26(31)28-14-12-20(16-28)33-22-11-5-7-18-8-6-13-27-25(18)22/h2-11,13,15,17,20H,12,14,16H2,1H3/t20-/m0/s1. The molecule has 0 saturated carbocycles. The summed E-state index contributed by atoms with van der Waals surface area (Å²) >= 11 is 0. The van der Waals surface area contributed by atoms with Crippen molar-refractivity contribution < 1.29 is 14.3 Å². The first-order valence-electron chi connectivity index (χ1n) is 10.8. The van der Waals surface area contributed by atoms with Gasteiger partial charge >= 0.3 is 0 Å². The van der Waals surface area contributed by atoms with Gasteiger partial charge in [-0.1, -0.05) is 36.4 Å². The highest BCUT2D eigenvalue weighted by molar-refractivity contribution is 5.97. The van der Waals surface area contributed by atoms with Crippen LogP contribution in [0.5, 0.6) is 11.5 Å². The Labute approximate surface area is 190 Å². The molecule has 0 aliphatic carbocycles. The van der Waals surface area contributed by atoms with Crippen LogP contribution in [-0.4, -0.2) is 46.7 Å². The molecule has 0 spiro atoms. The second-order valence-electron chi connectivity index (χ2n) is 7.91. The zero-order chi connectivity index (χ0) is 22.8. The maximum atomic E-state index is 13.4. The normalized spacial score (nSPS) is 15.5. The lowest BCUT2D eigenvalue weighted by Gasteiger charge is -2.20. The summed E-state index contributed by atoms with van der Waals surface area (Å²) in [7, 11) is 1.46. The number of aromatic nitrogens is 2. The zero-order valence-corrected chi connectivity index (χ0v) is 18.2. The summed E-state index contributed by atoms with van der Waals surface area (Å²) in [6.07, 6.45) is 3.86. The molecule has 0 radical (unpaired) electrons. The van der Waals surface area contributed by atoms with Gasteiger partial charge in [-0.15, -0.1) is 0 Å². The van der Waals surface area contributed by atoms with Gasteiger partial charge in [0.2, 0.25) is 0 Å². The Kier molecular flexibility index (Phi) is 5.52. The van der Waals surface area contributed by atoms with Crippen molar-refractivity contribution in [2.24, 2.45) is 0 Å². The number of nitrogens with zero attached hydrogens (tertiary/aromatic N) is 3. The molecule has 2 aromatic heterocycles. The molecule has 0 unspecified atom stereocenters. The second-order valence-corrected chi connectivity index (χ2v) is 7.91. The number of benzene rings is 2. The molecule has 4 aromatic rings. The number of hydrogen-bond acceptors (Lipinski definition) is 5. The summed E-state index contributed by atoms with van der Waals surface area (Å²) in [6.45, 7) is 0.991. The van der Waals surface area contributed by atoms with E-state index in [1.165, 1.54) is 17.7 Å². The van der Waals surface area contributed by atoms with E-state index in [0.29, 0.717) is 36.5 Å². The first-order chi connectivity index (χ1) is 16.1. The van der Waals surface area contributed by atoms with E-state index >= 15 is 0 Å². The predicted octanol–water partition coefficient (Wildman–Crippen LogP) is 3.69. The third-order valence-corrected chi connectivity index (χ3v) is 5.82. The highest BCUT2D eigenvalue weighted by atomic mass is 16.5. The average Bonchev–Trinajstić information content (AvgIpc) is 3.32. The van der Waals surface area contributed by atoms with Crippen molar-refractivity contribution in [2.45, 2.75) is 12.5 Å². The van der Waals surface area contributed by atoms with Crippen molar-refractivity contribution in [3.8, 4) is 17.2 Å². The van der Waals surface area contributed by atoms with Crippen molar-refractivity contribution in [3.63, 3.8) is 0 Å². The third kappa shape index (κ3) is 4.05. The van der Waals surface area contributed by atoms with Crippen LogP contribution >= 0.6 is 0 Å². The third-order valence-electron chi connectivity index (χ3n) is 5.82. The number of carbonyl (C=O) groups is 1. The number of amides is 1. The van der Waals surface area contributed by atoms with Gasteiger partial charge in [0.25, 0.3) is 11.5 Å². The van der Waals surface area contributed by atoms with Crippen LogP contribution in [0.4, 0.5) is 0 Å². The Hall–Kier alpha value is -4.13. The number of para-hydroxylation sites is 2. The highest BCUT2D eigenvalue weighted by Gasteiger charge is 2.30. The van der Waals surface area contributed by atoms with Crippen molar-refractivity contribution in [1.82, 2.24) is 14.5 Å². The van der Waals surface area contributed by atoms with E-state index in [9.17, 15) is 9.59 Å². The Balaban J connectivity index is 1.39. The first-order valence-corrected chi connectivity index (χ1v) is 10.8. The SMILES string of the molecule is COc1cc(=O)n(-c2ccccc2)cc1C(=O)N1CC[C@H](Oc2cccc3cccnc23)C1. The monoisotopic (exact) mass is 441 g/mol. The first kappa shape index (κ1) is 20.8. The van der Waals surface area contributed by atoms with E-state index in [-0.39, 0.29) is 23.3 Å². The van der Waals surface area contributed by atoms with Crippen LogP contribution in [0.15, 0.2) is 83.9 Å². The number of rotatable bonds is 5. The van der Waals surface area contributed by atoms with Gasteiger partial charge in [0, 0.05) is 42.5 Å². The summed E-state index contributed by atoms with van der Waals surface area (Å²) in [5.41, 5.74) is 1.57. The predicted molar refractivity (Wildman–Crippen MR) is 125 cm³/mol. The van der Waals surface area contributed by atoms with Crippen LogP contribution in [0.2, 0.25) is 0 Å². The van der Waals surface area contributed by atoms with Gasteiger partial charge in [-0.25, -0.2) is 0 Å². The van der Waals surface area contributed by atoms with Gasteiger partial charge in [0.1, 0.15) is 23.1 Å². The molecule has 7 nitrogen and oxygen atoms in total. The molecule has 1 aliphatic heterocycles. The van der Waals surface area contributed by atoms with Crippen molar-refractivity contribution in [3.05, 3.63) is 95.0 Å². The minimum absolute atomic E-state index is 0.146. The molecular formula is C26H23N3O4. The van der Waals surface area contributed by atoms with Crippen LogP contribution < -0.4 is 15.0 Å². The molecule has 5 rings (SSSR count). The number of ether oxygens (including phenoxy) is 2. The minimum Gasteiger partial charge on any atom is -0.496 e. The number of likely N-dealkylation sites (tertiary alicyclic amines) is 1. The van der Waals surface area contributed by atoms with E-state index in [2.05, 4.69) is 4.98 Å². The number of pyridine rings is 2. The molecule has 0 bridgehead atoms. The fourth-order valence-electron chi connectivity index (χ4n) is 4.17. The topological polar surface area (TPSA) is 73.7 Å². The number of hydrogen-bond donors (Lipinski definition) is 0. The maximum Gasteiger partial charge on any atom is 0.259 e. The largest absolute Gasteiger partial charge is 0.496 e. The molecule has 7 heteroatoms. The molecule has 1 amide bonds. The van der Waals surface area contributed by atoms with E-state index in [4.69, 9.17) is 9.47 Å². The number of fused-ring (bicyclic) bond motifs is 1. The lowest BCUT2D eigenvalue weighted by Crippen LogP contribution is -2.32. The Morgan fingerprint density at radius 1 is 1.03 bits per heavy atom. The number of methoxy groups -OCH3 is 1. The zero-order valence-electron chi connectivity index (χ0n) is 18.2. The number of carbonyl (C=O) groups excluding carboxylic acids is 1. The van der Waals surface area contributed by atoms with Gasteiger partial charge in [-0.05, 0) is 24.3 Å². The molecule has 1 fully saturated rings. The van der Waals surface area contributed by atoms with E-state index in [1.54, 1.807) is 17.3 Å². The quantitative estimate of drug-likeness (QED) is 0.472. The molecular weight excluding hydrogens is 418 g/mol. The Morgan fingerprint density at radius 3 is 2.67 bits per heavy atom. The lowest BCUT2D eigenvalue weighted by atomic mass is 10.2. The van der Waals surface area contributed by atoms with E-state index in [1.807, 2.05) is 60.7 Å². The molecule has 2 aromatic carbocycles. The fraction of sp³-hybridized carbons (Fsp3) is 0.192. The average molecular weight is 441 g/mol. The van der Waals surface area contributed by atoms with E-state index < -0.39 is 0 Å². The second kappa shape index (κ2) is 8.78. The summed E-state index contributed by atoms with van der Waals surface area (Å²) in [4.78, 5) is 32.2. The van der Waals surface area contributed by atoms with Crippen LogP contribution in [0.3, 0.4) is 0 Å². The molecule has 33 heavy (non-hydrogen) atoms. The molecule has 1 atom stereocenters. The van der Waals surface area contributed by atoms with Crippen LogP contribution in [-0.2, 0) is 0 Å². The van der Waals surface area contributed by atoms with Gasteiger partial charge in [-0.3, -0.25) is 19.1 Å². The maximum absolute atomic E-state index is 13.4. The lowest BCUT2D eigenvalue weighted by molar-refractivity contribution is 0.0768. The summed E-state index contributed by atoms with van der Waals surface area (Å²) in [5, 5.41) is 1.01. The van der Waals surface area contributed by atoms with Crippen LogP contribution in [0.25, 0.3) is 16.6 Å². The van der Waals surface area contributed by atoms with Crippen molar-refractivity contribution in [2.75, 3.05) is 20.2 Å². The van der Waals surface area contributed by atoms with Gasteiger partial charge < -0.3 is 14.4 Å². The highest BCUT2D eigenvalue weighted by Crippen LogP contribution is 2.27. The molecule has 1 aliphatic rings. The minimum atomic E-state index is -0.263. The fourth-order valence-corrected chi connectivity index (χ4v) is 4.17. The summed E-state index contributed by atoms with van der Waals surface area (Å²) < 4.78 is 13.1.